The summed E-state index contributed by atoms with van der Waals surface area (Å²) >= 11 is 3.30. The summed E-state index contributed by atoms with van der Waals surface area (Å²) in [6.07, 6.45) is 1.92. The fourth-order valence-corrected chi connectivity index (χ4v) is 3.37. The van der Waals surface area contributed by atoms with Gasteiger partial charge >= 0.3 is 0 Å². The van der Waals surface area contributed by atoms with E-state index in [0.29, 0.717) is 17.0 Å². The summed E-state index contributed by atoms with van der Waals surface area (Å²) in [5.74, 6) is 0.192. The molecule has 0 saturated carbocycles. The molecule has 1 N–H and O–H groups in total. The second kappa shape index (κ2) is 6.52. The van der Waals surface area contributed by atoms with Crippen molar-refractivity contribution in [2.24, 2.45) is 0 Å². The smallest absolute Gasteiger partial charge is 0.137 e. The standard InChI is InChI=1S/C15H19BrFNO2/c16-13-7-12(15-9-20-6-3-18-15)11(8-14(13)17)10-1-4-19-5-2-10/h7-8,10,15,18H,1-6,9H2. The largest absolute Gasteiger partial charge is 0.381 e. The van der Waals surface area contributed by atoms with Gasteiger partial charge in [-0.05, 0) is 57.9 Å². The van der Waals surface area contributed by atoms with Crippen LogP contribution in [-0.4, -0.2) is 33.0 Å². The zero-order chi connectivity index (χ0) is 13.9. The van der Waals surface area contributed by atoms with Crippen molar-refractivity contribution in [1.82, 2.24) is 5.32 Å². The summed E-state index contributed by atoms with van der Waals surface area (Å²) in [5.41, 5.74) is 2.27. The first-order chi connectivity index (χ1) is 9.75. The van der Waals surface area contributed by atoms with Gasteiger partial charge in [0.25, 0.3) is 0 Å². The van der Waals surface area contributed by atoms with Gasteiger partial charge in [0.1, 0.15) is 5.82 Å². The lowest BCUT2D eigenvalue weighted by atomic mass is 9.86. The molecule has 1 unspecified atom stereocenters. The first-order valence-electron chi connectivity index (χ1n) is 7.13. The number of morpholine rings is 1. The fraction of sp³-hybridized carbons (Fsp3) is 0.600. The average Bonchev–Trinajstić information content (AvgIpc) is 2.51. The summed E-state index contributed by atoms with van der Waals surface area (Å²) in [7, 11) is 0. The van der Waals surface area contributed by atoms with Crippen molar-refractivity contribution in [2.75, 3.05) is 33.0 Å². The Bertz CT molecular complexity index is 428. The van der Waals surface area contributed by atoms with Crippen LogP contribution in [0.4, 0.5) is 4.39 Å². The van der Waals surface area contributed by atoms with Gasteiger partial charge in [-0.15, -0.1) is 0 Å². The van der Waals surface area contributed by atoms with E-state index in [0.717, 1.165) is 50.3 Å². The Morgan fingerprint density at radius 3 is 2.60 bits per heavy atom. The Kier molecular flexibility index (Phi) is 4.71. The molecule has 1 aromatic rings. The molecule has 2 fully saturated rings. The van der Waals surface area contributed by atoms with Crippen LogP contribution in [-0.2, 0) is 9.47 Å². The van der Waals surface area contributed by atoms with Gasteiger partial charge < -0.3 is 14.8 Å². The summed E-state index contributed by atoms with van der Waals surface area (Å²) in [5, 5.41) is 3.46. The van der Waals surface area contributed by atoms with Crippen molar-refractivity contribution in [3.8, 4) is 0 Å². The van der Waals surface area contributed by atoms with E-state index in [2.05, 4.69) is 21.2 Å². The SMILES string of the molecule is Fc1cc(C2CCOCC2)c(C2COCCN2)cc1Br. The van der Waals surface area contributed by atoms with Crippen molar-refractivity contribution < 1.29 is 13.9 Å². The molecule has 3 rings (SSSR count). The maximum atomic E-state index is 14.0. The zero-order valence-electron chi connectivity index (χ0n) is 11.3. The van der Waals surface area contributed by atoms with Crippen LogP contribution in [0.15, 0.2) is 16.6 Å². The maximum Gasteiger partial charge on any atom is 0.137 e. The van der Waals surface area contributed by atoms with Crippen LogP contribution in [0, 0.1) is 5.82 Å². The van der Waals surface area contributed by atoms with E-state index in [4.69, 9.17) is 9.47 Å². The van der Waals surface area contributed by atoms with E-state index < -0.39 is 0 Å². The topological polar surface area (TPSA) is 30.5 Å². The highest BCUT2D eigenvalue weighted by atomic mass is 79.9. The Balaban J connectivity index is 1.94. The molecule has 1 aromatic carbocycles. The molecular formula is C15H19BrFNO2. The van der Waals surface area contributed by atoms with Crippen LogP contribution in [0.5, 0.6) is 0 Å². The third-order valence-corrected chi connectivity index (χ3v) is 4.69. The highest BCUT2D eigenvalue weighted by Gasteiger charge is 2.25. The van der Waals surface area contributed by atoms with E-state index >= 15 is 0 Å². The summed E-state index contributed by atoms with van der Waals surface area (Å²) in [6.45, 7) is 3.75. The molecule has 0 amide bonds. The second-order valence-corrected chi connectivity index (χ2v) is 6.22. The van der Waals surface area contributed by atoms with Crippen LogP contribution >= 0.6 is 15.9 Å². The lowest BCUT2D eigenvalue weighted by Crippen LogP contribution is -2.35. The third-order valence-electron chi connectivity index (χ3n) is 4.08. The first-order valence-corrected chi connectivity index (χ1v) is 7.92. The molecule has 0 spiro atoms. The van der Waals surface area contributed by atoms with Crippen LogP contribution in [0.1, 0.15) is 35.9 Å². The maximum absolute atomic E-state index is 14.0. The number of benzene rings is 1. The van der Waals surface area contributed by atoms with Gasteiger partial charge in [0.05, 0.1) is 23.7 Å². The molecule has 0 aromatic heterocycles. The Morgan fingerprint density at radius 2 is 1.90 bits per heavy atom. The van der Waals surface area contributed by atoms with Gasteiger partial charge in [-0.3, -0.25) is 0 Å². The van der Waals surface area contributed by atoms with Crippen LogP contribution in [0.25, 0.3) is 0 Å². The van der Waals surface area contributed by atoms with E-state index in [9.17, 15) is 4.39 Å². The molecule has 2 saturated heterocycles. The Morgan fingerprint density at radius 1 is 1.10 bits per heavy atom. The lowest BCUT2D eigenvalue weighted by Gasteiger charge is -2.30. The normalized spacial score (nSPS) is 24.8. The summed E-state index contributed by atoms with van der Waals surface area (Å²) < 4.78 is 25.4. The Hall–Kier alpha value is -0.490. The molecule has 5 heteroatoms. The zero-order valence-corrected chi connectivity index (χ0v) is 12.9. The van der Waals surface area contributed by atoms with Crippen molar-refractivity contribution in [2.45, 2.75) is 24.8 Å². The van der Waals surface area contributed by atoms with Gasteiger partial charge in [-0.2, -0.15) is 0 Å². The van der Waals surface area contributed by atoms with Crippen LogP contribution in [0.3, 0.4) is 0 Å². The van der Waals surface area contributed by atoms with Crippen molar-refractivity contribution >= 4 is 15.9 Å². The molecule has 2 aliphatic rings. The van der Waals surface area contributed by atoms with Crippen molar-refractivity contribution in [3.05, 3.63) is 33.5 Å². The molecule has 0 bridgehead atoms. The second-order valence-electron chi connectivity index (χ2n) is 5.36. The van der Waals surface area contributed by atoms with Crippen LogP contribution < -0.4 is 5.32 Å². The van der Waals surface area contributed by atoms with Crippen molar-refractivity contribution in [1.29, 1.82) is 0 Å². The molecule has 2 aliphatic heterocycles. The average molecular weight is 344 g/mol. The lowest BCUT2D eigenvalue weighted by molar-refractivity contribution is 0.0738. The molecule has 3 nitrogen and oxygen atoms in total. The van der Waals surface area contributed by atoms with E-state index in [1.165, 1.54) is 0 Å². The predicted molar refractivity (Wildman–Crippen MR) is 78.5 cm³/mol. The minimum absolute atomic E-state index is 0.151. The number of hydrogen-bond acceptors (Lipinski definition) is 3. The highest BCUT2D eigenvalue weighted by molar-refractivity contribution is 9.10. The van der Waals surface area contributed by atoms with Gasteiger partial charge in [-0.1, -0.05) is 0 Å². The highest BCUT2D eigenvalue weighted by Crippen LogP contribution is 2.35. The minimum Gasteiger partial charge on any atom is -0.381 e. The van der Waals surface area contributed by atoms with Gasteiger partial charge in [-0.25, -0.2) is 4.39 Å². The first kappa shape index (κ1) is 14.4. The predicted octanol–water partition coefficient (Wildman–Crippen LogP) is 3.14. The summed E-state index contributed by atoms with van der Waals surface area (Å²) in [4.78, 5) is 0. The molecular weight excluding hydrogens is 325 g/mol. The number of nitrogens with one attached hydrogen (secondary N) is 1. The monoisotopic (exact) mass is 343 g/mol. The molecule has 110 valence electrons. The molecule has 1 atom stereocenters. The molecule has 0 radical (unpaired) electrons. The molecule has 2 heterocycles. The van der Waals surface area contributed by atoms with Crippen LogP contribution in [0.2, 0.25) is 0 Å². The van der Waals surface area contributed by atoms with Gasteiger partial charge in [0, 0.05) is 19.8 Å². The van der Waals surface area contributed by atoms with Gasteiger partial charge in [0.15, 0.2) is 0 Å². The number of hydrogen-bond donors (Lipinski definition) is 1. The minimum atomic E-state index is -0.188. The Labute approximate surface area is 127 Å². The quantitative estimate of drug-likeness (QED) is 0.894. The van der Waals surface area contributed by atoms with Crippen molar-refractivity contribution in [3.63, 3.8) is 0 Å². The molecule has 20 heavy (non-hydrogen) atoms. The molecule has 0 aliphatic carbocycles. The number of halogens is 2. The van der Waals surface area contributed by atoms with E-state index in [-0.39, 0.29) is 11.9 Å². The summed E-state index contributed by atoms with van der Waals surface area (Å²) in [6, 6.07) is 3.75. The number of ether oxygens (including phenoxy) is 2. The van der Waals surface area contributed by atoms with E-state index in [1.54, 1.807) is 6.07 Å². The van der Waals surface area contributed by atoms with Gasteiger partial charge in [0.2, 0.25) is 0 Å². The fourth-order valence-electron chi connectivity index (χ4n) is 3.01. The third kappa shape index (κ3) is 3.06. The number of rotatable bonds is 2. The van der Waals surface area contributed by atoms with E-state index in [1.807, 2.05) is 6.07 Å².